The standard InChI is InChI=1S/C13H22N4O/c1-5-7-14-13(18)10(3)15-8-11-9-17(4)16-12(11)6-2/h5,9-10,15H,1,6-8H2,2-4H3,(H,14,18). The fourth-order valence-electron chi connectivity index (χ4n) is 1.71. The molecule has 1 amide bonds. The number of nitrogens with one attached hydrogen (secondary N) is 2. The van der Waals surface area contributed by atoms with Gasteiger partial charge in [0.05, 0.1) is 11.7 Å². The lowest BCUT2D eigenvalue weighted by Gasteiger charge is -2.13. The molecular weight excluding hydrogens is 228 g/mol. The molecule has 5 nitrogen and oxygen atoms in total. The Kier molecular flexibility index (Phi) is 5.58. The lowest BCUT2D eigenvalue weighted by molar-refractivity contribution is -0.122. The van der Waals surface area contributed by atoms with Crippen molar-refractivity contribution >= 4 is 5.91 Å². The number of aryl methyl sites for hydroxylation is 2. The van der Waals surface area contributed by atoms with Gasteiger partial charge in [0.2, 0.25) is 5.91 Å². The van der Waals surface area contributed by atoms with Crippen molar-refractivity contribution in [2.24, 2.45) is 7.05 Å². The molecule has 0 aliphatic heterocycles. The number of nitrogens with zero attached hydrogens (tertiary/aromatic N) is 2. The number of carbonyl (C=O) groups is 1. The number of rotatable bonds is 7. The van der Waals surface area contributed by atoms with Gasteiger partial charge >= 0.3 is 0 Å². The quantitative estimate of drug-likeness (QED) is 0.703. The van der Waals surface area contributed by atoms with E-state index in [1.54, 1.807) is 10.8 Å². The molecule has 1 rings (SSSR count). The number of aromatic nitrogens is 2. The summed E-state index contributed by atoms with van der Waals surface area (Å²) >= 11 is 0. The van der Waals surface area contributed by atoms with E-state index in [1.807, 2.05) is 20.2 Å². The highest BCUT2D eigenvalue weighted by Gasteiger charge is 2.12. The average Bonchev–Trinajstić information content (AvgIpc) is 2.73. The van der Waals surface area contributed by atoms with Crippen molar-refractivity contribution in [1.29, 1.82) is 0 Å². The predicted octanol–water partition coefficient (Wildman–Crippen LogP) is 0.763. The van der Waals surface area contributed by atoms with Gasteiger partial charge in [-0.2, -0.15) is 5.10 Å². The summed E-state index contributed by atoms with van der Waals surface area (Å²) in [5.74, 6) is -0.0168. The molecule has 0 saturated heterocycles. The van der Waals surface area contributed by atoms with E-state index in [0.717, 1.165) is 17.7 Å². The third kappa shape index (κ3) is 4.00. The second-order valence-corrected chi connectivity index (χ2v) is 4.26. The molecule has 1 aromatic rings. The van der Waals surface area contributed by atoms with E-state index in [0.29, 0.717) is 13.1 Å². The average molecular weight is 250 g/mol. The van der Waals surface area contributed by atoms with E-state index in [-0.39, 0.29) is 11.9 Å². The summed E-state index contributed by atoms with van der Waals surface area (Å²) in [6.45, 7) is 8.64. The SMILES string of the molecule is C=CCNC(=O)C(C)NCc1cn(C)nc1CC. The van der Waals surface area contributed by atoms with E-state index < -0.39 is 0 Å². The molecule has 0 radical (unpaired) electrons. The highest BCUT2D eigenvalue weighted by atomic mass is 16.2. The molecule has 0 saturated carbocycles. The summed E-state index contributed by atoms with van der Waals surface area (Å²) in [6.07, 6.45) is 4.55. The topological polar surface area (TPSA) is 59.0 Å². The number of hydrogen-bond acceptors (Lipinski definition) is 3. The first-order valence-corrected chi connectivity index (χ1v) is 6.21. The Hall–Kier alpha value is -1.62. The third-order valence-electron chi connectivity index (χ3n) is 2.74. The highest BCUT2D eigenvalue weighted by molar-refractivity contribution is 5.81. The van der Waals surface area contributed by atoms with E-state index in [1.165, 1.54) is 0 Å². The van der Waals surface area contributed by atoms with Gasteiger partial charge in [-0.05, 0) is 13.3 Å². The molecule has 0 bridgehead atoms. The van der Waals surface area contributed by atoms with Gasteiger partial charge in [-0.1, -0.05) is 13.0 Å². The molecule has 2 N–H and O–H groups in total. The van der Waals surface area contributed by atoms with Crippen LogP contribution >= 0.6 is 0 Å². The molecule has 1 atom stereocenters. The minimum Gasteiger partial charge on any atom is -0.351 e. The molecular formula is C13H22N4O. The van der Waals surface area contributed by atoms with Gasteiger partial charge in [-0.25, -0.2) is 0 Å². The molecule has 1 heterocycles. The number of hydrogen-bond donors (Lipinski definition) is 2. The monoisotopic (exact) mass is 250 g/mol. The Labute approximate surface area is 108 Å². The molecule has 0 fully saturated rings. The van der Waals surface area contributed by atoms with Crippen LogP contribution in [-0.2, 0) is 24.8 Å². The molecule has 18 heavy (non-hydrogen) atoms. The molecule has 1 unspecified atom stereocenters. The molecule has 0 aromatic carbocycles. The zero-order valence-electron chi connectivity index (χ0n) is 11.4. The van der Waals surface area contributed by atoms with Crippen LogP contribution in [0.15, 0.2) is 18.9 Å². The van der Waals surface area contributed by atoms with E-state index in [2.05, 4.69) is 29.2 Å². The zero-order chi connectivity index (χ0) is 13.5. The third-order valence-corrected chi connectivity index (χ3v) is 2.74. The second-order valence-electron chi connectivity index (χ2n) is 4.26. The highest BCUT2D eigenvalue weighted by Crippen LogP contribution is 2.06. The second kappa shape index (κ2) is 6.96. The fraction of sp³-hybridized carbons (Fsp3) is 0.538. The molecule has 100 valence electrons. The predicted molar refractivity (Wildman–Crippen MR) is 72.1 cm³/mol. The van der Waals surface area contributed by atoms with Crippen LogP contribution in [0, 0.1) is 0 Å². The summed E-state index contributed by atoms with van der Waals surface area (Å²) in [6, 6.07) is -0.227. The number of amides is 1. The Bertz CT molecular complexity index is 411. The Balaban J connectivity index is 2.48. The fourth-order valence-corrected chi connectivity index (χ4v) is 1.71. The van der Waals surface area contributed by atoms with Crippen molar-refractivity contribution in [3.63, 3.8) is 0 Å². The van der Waals surface area contributed by atoms with Crippen LogP contribution in [0.5, 0.6) is 0 Å². The van der Waals surface area contributed by atoms with Gasteiger partial charge in [0.15, 0.2) is 0 Å². The van der Waals surface area contributed by atoms with E-state index >= 15 is 0 Å². The largest absolute Gasteiger partial charge is 0.351 e. The van der Waals surface area contributed by atoms with Crippen LogP contribution < -0.4 is 10.6 Å². The Morgan fingerprint density at radius 2 is 2.39 bits per heavy atom. The Morgan fingerprint density at radius 3 is 3.00 bits per heavy atom. The molecule has 0 aliphatic rings. The summed E-state index contributed by atoms with van der Waals surface area (Å²) in [5.41, 5.74) is 2.21. The molecule has 0 aliphatic carbocycles. The van der Waals surface area contributed by atoms with Crippen molar-refractivity contribution in [1.82, 2.24) is 20.4 Å². The first kappa shape index (κ1) is 14.4. The van der Waals surface area contributed by atoms with Crippen LogP contribution in [0.3, 0.4) is 0 Å². The van der Waals surface area contributed by atoms with Crippen molar-refractivity contribution in [2.45, 2.75) is 32.9 Å². The van der Waals surface area contributed by atoms with Gasteiger partial charge in [0, 0.05) is 31.9 Å². The maximum Gasteiger partial charge on any atom is 0.237 e. The molecule has 0 spiro atoms. The van der Waals surface area contributed by atoms with E-state index in [4.69, 9.17) is 0 Å². The normalized spacial score (nSPS) is 12.2. The van der Waals surface area contributed by atoms with Crippen molar-refractivity contribution < 1.29 is 4.79 Å². The van der Waals surface area contributed by atoms with Crippen LogP contribution in [0.4, 0.5) is 0 Å². The molecule has 1 aromatic heterocycles. The minimum absolute atomic E-state index is 0.0168. The van der Waals surface area contributed by atoms with Crippen molar-refractivity contribution in [2.75, 3.05) is 6.54 Å². The zero-order valence-corrected chi connectivity index (χ0v) is 11.4. The van der Waals surface area contributed by atoms with Gasteiger partial charge in [-0.3, -0.25) is 9.48 Å². The summed E-state index contributed by atoms with van der Waals surface area (Å²) in [4.78, 5) is 11.6. The molecule has 5 heteroatoms. The van der Waals surface area contributed by atoms with Gasteiger partial charge in [-0.15, -0.1) is 6.58 Å². The first-order valence-electron chi connectivity index (χ1n) is 6.21. The van der Waals surface area contributed by atoms with E-state index in [9.17, 15) is 4.79 Å². The maximum absolute atomic E-state index is 11.6. The summed E-state index contributed by atoms with van der Waals surface area (Å²) in [5, 5.41) is 10.3. The van der Waals surface area contributed by atoms with Gasteiger partial charge in [0.25, 0.3) is 0 Å². The maximum atomic E-state index is 11.6. The smallest absolute Gasteiger partial charge is 0.237 e. The van der Waals surface area contributed by atoms with Crippen LogP contribution in [-0.4, -0.2) is 28.3 Å². The minimum atomic E-state index is -0.227. The van der Waals surface area contributed by atoms with Gasteiger partial charge < -0.3 is 10.6 Å². The summed E-state index contributed by atoms with van der Waals surface area (Å²) in [7, 11) is 1.91. The van der Waals surface area contributed by atoms with Crippen LogP contribution in [0.2, 0.25) is 0 Å². The van der Waals surface area contributed by atoms with Gasteiger partial charge in [0.1, 0.15) is 0 Å². The lowest BCUT2D eigenvalue weighted by Crippen LogP contribution is -2.41. The van der Waals surface area contributed by atoms with Crippen LogP contribution in [0.1, 0.15) is 25.1 Å². The first-order chi connectivity index (χ1) is 8.58. The summed E-state index contributed by atoms with van der Waals surface area (Å²) < 4.78 is 1.80. The Morgan fingerprint density at radius 1 is 1.67 bits per heavy atom. The number of carbonyl (C=O) groups excluding carboxylic acids is 1. The van der Waals surface area contributed by atoms with Crippen molar-refractivity contribution in [3.05, 3.63) is 30.1 Å². The van der Waals surface area contributed by atoms with Crippen molar-refractivity contribution in [3.8, 4) is 0 Å². The lowest BCUT2D eigenvalue weighted by atomic mass is 10.2. The van der Waals surface area contributed by atoms with Crippen LogP contribution in [0.25, 0.3) is 0 Å².